The molecular formula is C16H26O2P+. The highest BCUT2D eigenvalue weighted by Gasteiger charge is 2.36. The Hall–Kier alpha value is -0.720. The minimum absolute atomic E-state index is 0.355. The Bertz CT molecular complexity index is 353. The lowest BCUT2D eigenvalue weighted by molar-refractivity contribution is 0.0564. The van der Waals surface area contributed by atoms with Crippen molar-refractivity contribution in [3.05, 3.63) is 35.9 Å². The first-order chi connectivity index (χ1) is 9.29. The van der Waals surface area contributed by atoms with Crippen LogP contribution in [0.3, 0.4) is 0 Å². The van der Waals surface area contributed by atoms with Gasteiger partial charge in [-0.3, -0.25) is 0 Å². The largest absolute Gasteiger partial charge is 0.495 e. The van der Waals surface area contributed by atoms with E-state index in [1.165, 1.54) is 18.4 Å². The van der Waals surface area contributed by atoms with E-state index in [0.29, 0.717) is 0 Å². The van der Waals surface area contributed by atoms with E-state index in [2.05, 4.69) is 26.0 Å². The second kappa shape index (κ2) is 9.23. The average molecular weight is 281 g/mol. The lowest BCUT2D eigenvalue weighted by atomic mass is 9.84. The summed E-state index contributed by atoms with van der Waals surface area (Å²) in [5.74, 6) is 0. The number of rotatable bonds is 10. The first-order valence-corrected chi connectivity index (χ1v) is 8.21. The van der Waals surface area contributed by atoms with Crippen molar-refractivity contribution in [2.45, 2.75) is 64.4 Å². The molecule has 0 saturated carbocycles. The summed E-state index contributed by atoms with van der Waals surface area (Å²) in [6, 6.07) is 10.3. The molecule has 0 aliphatic carbocycles. The molecule has 0 saturated heterocycles. The number of benzene rings is 1. The van der Waals surface area contributed by atoms with Crippen LogP contribution in [0.5, 0.6) is 0 Å². The molecule has 2 nitrogen and oxygen atoms in total. The van der Waals surface area contributed by atoms with Crippen molar-refractivity contribution in [2.75, 3.05) is 0 Å². The summed E-state index contributed by atoms with van der Waals surface area (Å²) in [4.78, 5) is 0. The van der Waals surface area contributed by atoms with Crippen molar-refractivity contribution in [1.82, 2.24) is 0 Å². The molecule has 1 rings (SSSR count). The van der Waals surface area contributed by atoms with Crippen LogP contribution in [0.2, 0.25) is 0 Å². The minimum atomic E-state index is -0.692. The van der Waals surface area contributed by atoms with E-state index in [1.54, 1.807) is 0 Å². The summed E-state index contributed by atoms with van der Waals surface area (Å²) in [7, 11) is -0.692. The first-order valence-electron chi connectivity index (χ1n) is 7.39. The zero-order chi connectivity index (χ0) is 14.0. The second-order valence-corrected chi connectivity index (χ2v) is 5.48. The fraction of sp³-hybridized carbons (Fsp3) is 0.625. The third-order valence-corrected chi connectivity index (χ3v) is 4.13. The van der Waals surface area contributed by atoms with Crippen molar-refractivity contribution in [1.29, 1.82) is 0 Å². The normalized spacial score (nSPS) is 14.4. The standard InChI is InChI=1S/C16H26O2P/c1-3-5-10-14-16(18-19-17,13-6-4-2)15-11-8-7-9-12-15/h7-9,11-12,19H,3-6,10,13-14H2,1-2H3/q+1. The van der Waals surface area contributed by atoms with Crippen molar-refractivity contribution >= 4 is 8.69 Å². The van der Waals surface area contributed by atoms with E-state index in [4.69, 9.17) is 4.52 Å². The molecule has 106 valence electrons. The van der Waals surface area contributed by atoms with Gasteiger partial charge in [0.05, 0.1) is 0 Å². The van der Waals surface area contributed by atoms with Gasteiger partial charge in [0.25, 0.3) is 0 Å². The van der Waals surface area contributed by atoms with Gasteiger partial charge in [-0.25, -0.2) is 0 Å². The minimum Gasteiger partial charge on any atom is -0.136 e. The lowest BCUT2D eigenvalue weighted by Gasteiger charge is -2.28. The van der Waals surface area contributed by atoms with Gasteiger partial charge >= 0.3 is 8.69 Å². The first kappa shape index (κ1) is 16.3. The third kappa shape index (κ3) is 5.04. The molecule has 2 atom stereocenters. The van der Waals surface area contributed by atoms with Crippen LogP contribution in [-0.2, 0) is 14.7 Å². The molecule has 0 spiro atoms. The zero-order valence-corrected chi connectivity index (χ0v) is 13.2. The summed E-state index contributed by atoms with van der Waals surface area (Å²) in [6.07, 6.45) is 7.66. The molecule has 0 aliphatic heterocycles. The van der Waals surface area contributed by atoms with Crippen LogP contribution in [0.1, 0.15) is 64.4 Å². The van der Waals surface area contributed by atoms with E-state index in [9.17, 15) is 4.57 Å². The molecule has 3 heteroatoms. The van der Waals surface area contributed by atoms with E-state index in [0.717, 1.165) is 32.1 Å². The number of unbranched alkanes of at least 4 members (excludes halogenated alkanes) is 3. The van der Waals surface area contributed by atoms with Crippen molar-refractivity contribution in [3.63, 3.8) is 0 Å². The van der Waals surface area contributed by atoms with Crippen LogP contribution in [0.25, 0.3) is 0 Å². The maximum absolute atomic E-state index is 11.1. The van der Waals surface area contributed by atoms with Crippen molar-refractivity contribution < 1.29 is 9.09 Å². The summed E-state index contributed by atoms with van der Waals surface area (Å²) < 4.78 is 16.9. The quantitative estimate of drug-likeness (QED) is 0.411. The van der Waals surface area contributed by atoms with E-state index >= 15 is 0 Å². The summed E-state index contributed by atoms with van der Waals surface area (Å²) in [5, 5.41) is 0. The van der Waals surface area contributed by atoms with Gasteiger partial charge in [0, 0.05) is 0 Å². The third-order valence-electron chi connectivity index (χ3n) is 3.66. The van der Waals surface area contributed by atoms with Crippen LogP contribution < -0.4 is 0 Å². The van der Waals surface area contributed by atoms with Gasteiger partial charge in [-0.05, 0) is 23.0 Å². The maximum atomic E-state index is 11.1. The van der Waals surface area contributed by atoms with Crippen LogP contribution in [-0.4, -0.2) is 0 Å². The van der Waals surface area contributed by atoms with Gasteiger partial charge in [0.15, 0.2) is 0 Å². The van der Waals surface area contributed by atoms with Crippen LogP contribution in [0.15, 0.2) is 30.3 Å². The molecule has 1 aromatic rings. The van der Waals surface area contributed by atoms with E-state index < -0.39 is 8.69 Å². The zero-order valence-electron chi connectivity index (χ0n) is 12.2. The van der Waals surface area contributed by atoms with Gasteiger partial charge in [-0.1, -0.05) is 76.3 Å². The Morgan fingerprint density at radius 3 is 2.21 bits per heavy atom. The van der Waals surface area contributed by atoms with Gasteiger partial charge < -0.3 is 0 Å². The molecule has 19 heavy (non-hydrogen) atoms. The Morgan fingerprint density at radius 1 is 1.00 bits per heavy atom. The molecule has 0 N–H and O–H groups in total. The van der Waals surface area contributed by atoms with Crippen molar-refractivity contribution in [2.24, 2.45) is 0 Å². The van der Waals surface area contributed by atoms with Gasteiger partial charge in [-0.15, -0.1) is 4.52 Å². The monoisotopic (exact) mass is 281 g/mol. The SMILES string of the molecule is CCCCCC(CCCC)(O[PH+]=O)c1ccccc1. The molecule has 0 radical (unpaired) electrons. The second-order valence-electron chi connectivity index (χ2n) is 5.11. The lowest BCUT2D eigenvalue weighted by Crippen LogP contribution is -2.27. The highest BCUT2D eigenvalue weighted by molar-refractivity contribution is 7.17. The Morgan fingerprint density at radius 2 is 1.63 bits per heavy atom. The molecule has 0 amide bonds. The molecule has 0 heterocycles. The highest BCUT2D eigenvalue weighted by Crippen LogP contribution is 2.39. The number of hydrogen-bond donors (Lipinski definition) is 0. The van der Waals surface area contributed by atoms with Crippen LogP contribution in [0.4, 0.5) is 0 Å². The summed E-state index contributed by atoms with van der Waals surface area (Å²) in [6.45, 7) is 4.38. The van der Waals surface area contributed by atoms with Gasteiger partial charge in [0.1, 0.15) is 5.60 Å². The predicted molar refractivity (Wildman–Crippen MR) is 81.9 cm³/mol. The highest BCUT2D eigenvalue weighted by atomic mass is 31.1. The molecule has 0 fully saturated rings. The van der Waals surface area contributed by atoms with Gasteiger partial charge in [-0.2, -0.15) is 0 Å². The Kier molecular flexibility index (Phi) is 7.93. The molecule has 0 bridgehead atoms. The molecule has 2 unspecified atom stereocenters. The predicted octanol–water partition coefficient (Wildman–Crippen LogP) is 5.61. The van der Waals surface area contributed by atoms with E-state index in [1.807, 2.05) is 18.2 Å². The number of hydrogen-bond acceptors (Lipinski definition) is 2. The summed E-state index contributed by atoms with van der Waals surface area (Å²) in [5.41, 5.74) is 0.815. The average Bonchev–Trinajstić information content (AvgIpc) is 2.46. The Labute approximate surface area is 118 Å². The molecule has 0 aliphatic rings. The fourth-order valence-electron chi connectivity index (χ4n) is 2.52. The topological polar surface area (TPSA) is 26.3 Å². The molecule has 0 aromatic heterocycles. The van der Waals surface area contributed by atoms with Crippen molar-refractivity contribution in [3.8, 4) is 0 Å². The fourth-order valence-corrected chi connectivity index (χ4v) is 3.00. The molecular weight excluding hydrogens is 255 g/mol. The van der Waals surface area contributed by atoms with E-state index in [-0.39, 0.29) is 5.60 Å². The van der Waals surface area contributed by atoms with Crippen LogP contribution >= 0.6 is 8.69 Å². The molecule has 1 aromatic carbocycles. The summed E-state index contributed by atoms with van der Waals surface area (Å²) >= 11 is 0. The van der Waals surface area contributed by atoms with Crippen LogP contribution in [0, 0.1) is 0 Å². The smallest absolute Gasteiger partial charge is 0.136 e. The van der Waals surface area contributed by atoms with Gasteiger partial charge in [0.2, 0.25) is 0 Å². The Balaban J connectivity index is 2.92. The maximum Gasteiger partial charge on any atom is 0.495 e.